The maximum Gasteiger partial charge on any atom is 0.216 e. The van der Waals surface area contributed by atoms with Crippen LogP contribution < -0.4 is 14.9 Å². The minimum atomic E-state index is -3.26. The topological polar surface area (TPSA) is 70.7 Å². The first-order chi connectivity index (χ1) is 13.2. The number of nitrogens with one attached hydrogen (secondary N) is 2. The Labute approximate surface area is 170 Å². The summed E-state index contributed by atoms with van der Waals surface area (Å²) in [7, 11) is -3.26. The molecule has 158 valence electrons. The fourth-order valence-corrected chi connectivity index (χ4v) is 4.78. The lowest BCUT2D eigenvalue weighted by atomic mass is 9.86. The molecule has 1 aliphatic heterocycles. The van der Waals surface area contributed by atoms with Crippen LogP contribution in [0.5, 0.6) is 0 Å². The normalized spacial score (nSPS) is 24.2. The summed E-state index contributed by atoms with van der Waals surface area (Å²) in [5.74, 6) is 0.592. The molecule has 0 radical (unpaired) electrons. The van der Waals surface area contributed by atoms with Gasteiger partial charge in [-0.25, -0.2) is 13.1 Å². The third kappa shape index (κ3) is 5.61. The third-order valence-electron chi connectivity index (χ3n) is 5.81. The van der Waals surface area contributed by atoms with Crippen LogP contribution in [-0.2, 0) is 14.8 Å². The Morgan fingerprint density at radius 1 is 1.04 bits per heavy atom. The minimum absolute atomic E-state index is 0.0771. The lowest BCUT2D eigenvalue weighted by molar-refractivity contribution is 0.122. The van der Waals surface area contributed by atoms with Crippen LogP contribution in [0.2, 0.25) is 0 Å². The van der Waals surface area contributed by atoms with Crippen molar-refractivity contribution in [2.45, 2.75) is 57.2 Å². The summed E-state index contributed by atoms with van der Waals surface area (Å²) in [5, 5.41) is 3.55. The second kappa shape index (κ2) is 9.01. The van der Waals surface area contributed by atoms with Gasteiger partial charge >= 0.3 is 0 Å². The number of benzene rings is 1. The first-order valence-electron chi connectivity index (χ1n) is 10.4. The van der Waals surface area contributed by atoms with E-state index in [0.29, 0.717) is 5.92 Å². The summed E-state index contributed by atoms with van der Waals surface area (Å²) in [6, 6.07) is 8.72. The molecule has 0 bridgehead atoms. The van der Waals surface area contributed by atoms with E-state index < -0.39 is 14.8 Å². The number of sulfonamides is 1. The molecule has 1 aromatic carbocycles. The third-order valence-corrected chi connectivity index (χ3v) is 8.07. The summed E-state index contributed by atoms with van der Waals surface area (Å²) in [6.45, 7) is 9.68. The van der Waals surface area contributed by atoms with Gasteiger partial charge in [0.2, 0.25) is 10.0 Å². The zero-order valence-corrected chi connectivity index (χ0v) is 18.2. The Balaban J connectivity index is 1.42. The quantitative estimate of drug-likeness (QED) is 0.755. The molecule has 2 fully saturated rings. The SMILES string of the molecule is CC(C)(C)S(=O)(=O)NC1CCC(CNc2ccc(N3CCOCC3)cc2)CC1. The van der Waals surface area contributed by atoms with Crippen LogP contribution in [0.25, 0.3) is 0 Å². The number of nitrogens with zero attached hydrogens (tertiary/aromatic N) is 1. The van der Waals surface area contributed by atoms with E-state index in [2.05, 4.69) is 39.2 Å². The molecule has 0 aromatic heterocycles. The molecule has 1 heterocycles. The predicted molar refractivity (Wildman–Crippen MR) is 116 cm³/mol. The number of hydrogen-bond acceptors (Lipinski definition) is 5. The molecule has 6 nitrogen and oxygen atoms in total. The molecular weight excluding hydrogens is 374 g/mol. The number of anilines is 2. The highest BCUT2D eigenvalue weighted by molar-refractivity contribution is 7.90. The highest BCUT2D eigenvalue weighted by Crippen LogP contribution is 2.27. The maximum atomic E-state index is 12.3. The molecule has 28 heavy (non-hydrogen) atoms. The zero-order chi connectivity index (χ0) is 20.2. The monoisotopic (exact) mass is 409 g/mol. The van der Waals surface area contributed by atoms with Crippen LogP contribution in [-0.4, -0.2) is 52.1 Å². The van der Waals surface area contributed by atoms with Gasteiger partial charge in [0.15, 0.2) is 0 Å². The van der Waals surface area contributed by atoms with Crippen molar-refractivity contribution in [2.24, 2.45) is 5.92 Å². The highest BCUT2D eigenvalue weighted by Gasteiger charge is 2.32. The number of hydrogen-bond donors (Lipinski definition) is 2. The lowest BCUT2D eigenvalue weighted by Crippen LogP contribution is -2.46. The lowest BCUT2D eigenvalue weighted by Gasteiger charge is -2.31. The Bertz CT molecular complexity index is 714. The second-order valence-corrected chi connectivity index (χ2v) is 11.4. The molecule has 3 rings (SSSR count). The van der Waals surface area contributed by atoms with Crippen LogP contribution in [0.15, 0.2) is 24.3 Å². The van der Waals surface area contributed by atoms with Gasteiger partial charge < -0.3 is 15.0 Å². The van der Waals surface area contributed by atoms with E-state index in [0.717, 1.165) is 64.2 Å². The first-order valence-corrected chi connectivity index (χ1v) is 11.9. The van der Waals surface area contributed by atoms with Crippen molar-refractivity contribution in [1.82, 2.24) is 4.72 Å². The summed E-state index contributed by atoms with van der Waals surface area (Å²) in [5.41, 5.74) is 2.40. The molecule has 1 saturated heterocycles. The van der Waals surface area contributed by atoms with Crippen molar-refractivity contribution in [3.05, 3.63) is 24.3 Å². The van der Waals surface area contributed by atoms with E-state index in [1.165, 1.54) is 5.69 Å². The molecule has 0 atom stereocenters. The molecule has 0 unspecified atom stereocenters. The van der Waals surface area contributed by atoms with Gasteiger partial charge in [-0.3, -0.25) is 0 Å². The molecule has 1 aromatic rings. The Morgan fingerprint density at radius 2 is 1.64 bits per heavy atom. The molecule has 2 N–H and O–H groups in total. The molecule has 0 spiro atoms. The van der Waals surface area contributed by atoms with Crippen molar-refractivity contribution < 1.29 is 13.2 Å². The predicted octanol–water partition coefficient (Wildman–Crippen LogP) is 3.21. The number of ether oxygens (including phenoxy) is 1. The maximum absolute atomic E-state index is 12.3. The number of morpholine rings is 1. The van der Waals surface area contributed by atoms with Crippen molar-refractivity contribution in [1.29, 1.82) is 0 Å². The smallest absolute Gasteiger partial charge is 0.216 e. The largest absolute Gasteiger partial charge is 0.385 e. The van der Waals surface area contributed by atoms with Gasteiger partial charge in [0.1, 0.15) is 0 Å². The van der Waals surface area contributed by atoms with Gasteiger partial charge in [0.05, 0.1) is 18.0 Å². The van der Waals surface area contributed by atoms with Crippen LogP contribution >= 0.6 is 0 Å². The fraction of sp³-hybridized carbons (Fsp3) is 0.714. The Hall–Kier alpha value is -1.31. The van der Waals surface area contributed by atoms with Gasteiger partial charge in [-0.2, -0.15) is 0 Å². The molecule has 2 aliphatic rings. The molecule has 7 heteroatoms. The van der Waals surface area contributed by atoms with Gasteiger partial charge in [-0.1, -0.05) is 0 Å². The second-order valence-electron chi connectivity index (χ2n) is 8.98. The molecule has 0 amide bonds. The Morgan fingerprint density at radius 3 is 2.21 bits per heavy atom. The van der Waals surface area contributed by atoms with E-state index in [4.69, 9.17) is 4.74 Å². The summed E-state index contributed by atoms with van der Waals surface area (Å²) >= 11 is 0. The van der Waals surface area contributed by atoms with Crippen molar-refractivity contribution in [2.75, 3.05) is 43.1 Å². The summed E-state index contributed by atoms with van der Waals surface area (Å²) < 4.78 is 32.2. The van der Waals surface area contributed by atoms with E-state index in [-0.39, 0.29) is 6.04 Å². The van der Waals surface area contributed by atoms with E-state index >= 15 is 0 Å². The summed E-state index contributed by atoms with van der Waals surface area (Å²) in [4.78, 5) is 2.35. The zero-order valence-electron chi connectivity index (χ0n) is 17.4. The van der Waals surface area contributed by atoms with E-state index in [9.17, 15) is 8.42 Å². The van der Waals surface area contributed by atoms with Gasteiger partial charge in [0.25, 0.3) is 0 Å². The summed E-state index contributed by atoms with van der Waals surface area (Å²) in [6.07, 6.45) is 3.93. The van der Waals surface area contributed by atoms with Crippen LogP contribution in [0.1, 0.15) is 46.5 Å². The molecule has 1 aliphatic carbocycles. The highest BCUT2D eigenvalue weighted by atomic mass is 32.2. The van der Waals surface area contributed by atoms with Crippen molar-refractivity contribution in [3.8, 4) is 0 Å². The van der Waals surface area contributed by atoms with E-state index in [1.54, 1.807) is 20.8 Å². The first kappa shape index (κ1) is 21.4. The van der Waals surface area contributed by atoms with Gasteiger partial charge in [-0.05, 0) is 76.6 Å². The van der Waals surface area contributed by atoms with Crippen molar-refractivity contribution in [3.63, 3.8) is 0 Å². The standard InChI is InChI=1S/C21H35N3O3S/c1-21(2,3)28(25,26)23-19-6-4-17(5-7-19)16-22-18-8-10-20(11-9-18)24-12-14-27-15-13-24/h8-11,17,19,22-23H,4-7,12-16H2,1-3H3. The van der Waals surface area contributed by atoms with Crippen LogP contribution in [0.4, 0.5) is 11.4 Å². The van der Waals surface area contributed by atoms with Crippen LogP contribution in [0.3, 0.4) is 0 Å². The average molecular weight is 410 g/mol. The van der Waals surface area contributed by atoms with Gasteiger partial charge in [-0.15, -0.1) is 0 Å². The van der Waals surface area contributed by atoms with E-state index in [1.807, 2.05) is 0 Å². The molecular formula is C21H35N3O3S. The average Bonchev–Trinajstić information content (AvgIpc) is 2.67. The van der Waals surface area contributed by atoms with Gasteiger partial charge in [0, 0.05) is 37.1 Å². The Kier molecular flexibility index (Phi) is 6.89. The number of rotatable bonds is 6. The van der Waals surface area contributed by atoms with Crippen molar-refractivity contribution >= 4 is 21.4 Å². The fourth-order valence-electron chi connectivity index (χ4n) is 3.75. The van der Waals surface area contributed by atoms with Crippen LogP contribution in [0, 0.1) is 5.92 Å². The minimum Gasteiger partial charge on any atom is -0.385 e. The molecule has 1 saturated carbocycles.